The van der Waals surface area contributed by atoms with Gasteiger partial charge in [-0.15, -0.1) is 0 Å². The molecule has 38 heavy (non-hydrogen) atoms. The molecular weight excluding hydrogens is 522 g/mol. The van der Waals surface area contributed by atoms with E-state index in [1.165, 1.54) is 39.6 Å². The van der Waals surface area contributed by atoms with Crippen molar-refractivity contribution in [3.8, 4) is 22.8 Å². The first-order valence-corrected chi connectivity index (χ1v) is 12.0. The summed E-state index contributed by atoms with van der Waals surface area (Å²) in [4.78, 5) is 25.3. The van der Waals surface area contributed by atoms with Crippen LogP contribution in [-0.4, -0.2) is 24.1 Å². The van der Waals surface area contributed by atoms with Crippen molar-refractivity contribution >= 4 is 22.6 Å². The van der Waals surface area contributed by atoms with E-state index in [1.807, 2.05) is 0 Å². The average molecular weight is 542 g/mol. The van der Waals surface area contributed by atoms with Gasteiger partial charge < -0.3 is 4.57 Å². The van der Waals surface area contributed by atoms with Crippen LogP contribution in [0.2, 0.25) is 5.02 Å². The zero-order valence-corrected chi connectivity index (χ0v) is 20.9. The quantitative estimate of drug-likeness (QED) is 0.231. The van der Waals surface area contributed by atoms with Crippen molar-refractivity contribution in [2.24, 2.45) is 0 Å². The summed E-state index contributed by atoms with van der Waals surface area (Å²) in [6.45, 7) is 3.67. The topological polar surface area (TPSA) is 65.6 Å². The minimum Gasteiger partial charge on any atom is -0.328 e. The van der Waals surface area contributed by atoms with Crippen LogP contribution in [0.25, 0.3) is 33.8 Å². The molecule has 5 aromatic rings. The zero-order valence-electron chi connectivity index (χ0n) is 20.2. The number of alkyl halides is 3. The predicted molar refractivity (Wildman–Crippen MR) is 136 cm³/mol. The lowest BCUT2D eigenvalue weighted by Gasteiger charge is -2.13. The Morgan fingerprint density at radius 3 is 2.39 bits per heavy atom. The standard InChI is InChI=1S/C27H20ClF4N5O/c1-15(2)36-14-21(27(30,31)32)34-25(36)17-8-6-16(7-9-17)13-37-22(38)11-10-18-12-33-24(35-26(18)37)23-19(28)4-3-5-20(23)29/h3-12,14-15H,13H2,1-2H3. The Kier molecular flexibility index (Phi) is 6.52. The Balaban J connectivity index is 1.53. The Hall–Kier alpha value is -4.05. The molecule has 0 spiro atoms. The fourth-order valence-corrected chi connectivity index (χ4v) is 4.38. The molecule has 0 fully saturated rings. The van der Waals surface area contributed by atoms with E-state index in [2.05, 4.69) is 15.0 Å². The molecule has 0 N–H and O–H groups in total. The van der Waals surface area contributed by atoms with Gasteiger partial charge in [0.2, 0.25) is 0 Å². The molecule has 3 aromatic heterocycles. The summed E-state index contributed by atoms with van der Waals surface area (Å²) < 4.78 is 57.2. The van der Waals surface area contributed by atoms with Crippen molar-refractivity contribution in [3.63, 3.8) is 0 Å². The van der Waals surface area contributed by atoms with Crippen LogP contribution in [-0.2, 0) is 12.7 Å². The van der Waals surface area contributed by atoms with Crippen LogP contribution >= 0.6 is 11.6 Å². The zero-order chi connectivity index (χ0) is 27.2. The van der Waals surface area contributed by atoms with Crippen molar-refractivity contribution < 1.29 is 17.6 Å². The third kappa shape index (κ3) is 4.79. The molecule has 0 unspecified atom stereocenters. The Labute approximate surface area is 219 Å². The monoisotopic (exact) mass is 541 g/mol. The number of hydrogen-bond donors (Lipinski definition) is 0. The highest BCUT2D eigenvalue weighted by Gasteiger charge is 2.35. The van der Waals surface area contributed by atoms with Gasteiger partial charge in [0.15, 0.2) is 11.5 Å². The predicted octanol–water partition coefficient (Wildman–Crippen LogP) is 6.76. The van der Waals surface area contributed by atoms with E-state index < -0.39 is 17.7 Å². The number of benzene rings is 2. The second-order valence-corrected chi connectivity index (χ2v) is 9.38. The van der Waals surface area contributed by atoms with E-state index in [0.717, 1.165) is 6.20 Å². The maximum Gasteiger partial charge on any atom is 0.434 e. The molecule has 0 saturated carbocycles. The molecule has 0 aliphatic rings. The van der Waals surface area contributed by atoms with Gasteiger partial charge in [-0.3, -0.25) is 9.36 Å². The molecule has 0 aliphatic heterocycles. The SMILES string of the molecule is CC(C)n1cc(C(F)(F)F)nc1-c1ccc(Cn2c(=O)ccc3cnc(-c4c(F)cccc4Cl)nc32)cc1. The van der Waals surface area contributed by atoms with Gasteiger partial charge in [-0.2, -0.15) is 13.2 Å². The highest BCUT2D eigenvalue weighted by atomic mass is 35.5. The van der Waals surface area contributed by atoms with Crippen molar-refractivity contribution in [1.82, 2.24) is 24.1 Å². The van der Waals surface area contributed by atoms with Crippen LogP contribution in [0.3, 0.4) is 0 Å². The van der Waals surface area contributed by atoms with Gasteiger partial charge in [-0.25, -0.2) is 19.3 Å². The highest BCUT2D eigenvalue weighted by Crippen LogP contribution is 2.33. The van der Waals surface area contributed by atoms with E-state index in [0.29, 0.717) is 16.5 Å². The molecule has 0 saturated heterocycles. The molecule has 11 heteroatoms. The van der Waals surface area contributed by atoms with Crippen LogP contribution in [0.1, 0.15) is 31.1 Å². The van der Waals surface area contributed by atoms with Crippen molar-refractivity contribution in [2.45, 2.75) is 32.6 Å². The molecule has 2 aromatic carbocycles. The summed E-state index contributed by atoms with van der Waals surface area (Å²) in [7, 11) is 0. The molecule has 5 rings (SSSR count). The Bertz CT molecular complexity index is 1690. The molecule has 3 heterocycles. The minimum atomic E-state index is -4.56. The minimum absolute atomic E-state index is 0.0298. The van der Waals surface area contributed by atoms with Gasteiger partial charge in [0.05, 0.1) is 17.1 Å². The van der Waals surface area contributed by atoms with Crippen LogP contribution in [0.15, 0.2) is 71.8 Å². The fourth-order valence-electron chi connectivity index (χ4n) is 4.14. The lowest BCUT2D eigenvalue weighted by Crippen LogP contribution is -2.21. The molecule has 194 valence electrons. The van der Waals surface area contributed by atoms with Crippen LogP contribution < -0.4 is 5.56 Å². The summed E-state index contributed by atoms with van der Waals surface area (Å²) in [6, 6.07) is 13.7. The maximum absolute atomic E-state index is 14.5. The van der Waals surface area contributed by atoms with Gasteiger partial charge in [0, 0.05) is 35.5 Å². The largest absolute Gasteiger partial charge is 0.434 e. The summed E-state index contributed by atoms with van der Waals surface area (Å²) in [5, 5.41) is 0.703. The van der Waals surface area contributed by atoms with Crippen LogP contribution in [0.4, 0.5) is 17.6 Å². The molecule has 0 aliphatic carbocycles. The number of fused-ring (bicyclic) bond motifs is 1. The van der Waals surface area contributed by atoms with Crippen molar-refractivity contribution in [2.75, 3.05) is 0 Å². The van der Waals surface area contributed by atoms with Gasteiger partial charge in [0.1, 0.15) is 17.3 Å². The number of halogens is 5. The first-order chi connectivity index (χ1) is 18.0. The Morgan fingerprint density at radius 1 is 1.00 bits per heavy atom. The number of hydrogen-bond acceptors (Lipinski definition) is 4. The molecule has 0 bridgehead atoms. The number of aromatic nitrogens is 5. The number of imidazole rings is 1. The average Bonchev–Trinajstić information content (AvgIpc) is 3.33. The first-order valence-electron chi connectivity index (χ1n) is 11.6. The summed E-state index contributed by atoms with van der Waals surface area (Å²) >= 11 is 6.18. The fraction of sp³-hybridized carbons (Fsp3) is 0.185. The molecule has 0 radical (unpaired) electrons. The third-order valence-corrected chi connectivity index (χ3v) is 6.36. The third-order valence-electron chi connectivity index (χ3n) is 6.04. The molecule has 6 nitrogen and oxygen atoms in total. The van der Waals surface area contributed by atoms with Gasteiger partial charge in [-0.1, -0.05) is 41.9 Å². The smallest absolute Gasteiger partial charge is 0.328 e. The lowest BCUT2D eigenvalue weighted by molar-refractivity contribution is -0.140. The number of pyridine rings is 1. The maximum atomic E-state index is 14.5. The first kappa shape index (κ1) is 25.6. The molecular formula is C27H20ClF4N5O. The van der Waals surface area contributed by atoms with Crippen molar-refractivity contribution in [3.05, 3.63) is 99.4 Å². The van der Waals surface area contributed by atoms with Crippen LogP contribution in [0, 0.1) is 5.82 Å². The number of rotatable bonds is 5. The molecule has 0 atom stereocenters. The highest BCUT2D eigenvalue weighted by molar-refractivity contribution is 6.33. The summed E-state index contributed by atoms with van der Waals surface area (Å²) in [6.07, 6.45) is -2.07. The van der Waals surface area contributed by atoms with E-state index in [-0.39, 0.29) is 46.0 Å². The normalized spacial score (nSPS) is 12.0. The Morgan fingerprint density at radius 2 is 1.74 bits per heavy atom. The van der Waals surface area contributed by atoms with E-state index in [4.69, 9.17) is 11.6 Å². The second kappa shape index (κ2) is 9.68. The van der Waals surface area contributed by atoms with E-state index >= 15 is 0 Å². The second-order valence-electron chi connectivity index (χ2n) is 8.97. The van der Waals surface area contributed by atoms with E-state index in [9.17, 15) is 22.4 Å². The van der Waals surface area contributed by atoms with Crippen LogP contribution in [0.5, 0.6) is 0 Å². The molecule has 0 amide bonds. The summed E-state index contributed by atoms with van der Waals surface area (Å²) in [5.41, 5.74) is 0.223. The summed E-state index contributed by atoms with van der Waals surface area (Å²) in [5.74, 6) is -0.359. The lowest BCUT2D eigenvalue weighted by atomic mass is 10.1. The number of nitrogens with zero attached hydrogens (tertiary/aromatic N) is 5. The van der Waals surface area contributed by atoms with Gasteiger partial charge >= 0.3 is 6.18 Å². The van der Waals surface area contributed by atoms with E-state index in [1.54, 1.807) is 44.2 Å². The van der Waals surface area contributed by atoms with Gasteiger partial charge in [-0.05, 0) is 37.6 Å². The van der Waals surface area contributed by atoms with Gasteiger partial charge in [0.25, 0.3) is 5.56 Å². The van der Waals surface area contributed by atoms with Crippen molar-refractivity contribution in [1.29, 1.82) is 0 Å².